The molecule has 0 amide bonds. The van der Waals surface area contributed by atoms with Crippen LogP contribution in [0.1, 0.15) is 28.4 Å². The molecule has 0 saturated heterocycles. The highest BCUT2D eigenvalue weighted by Crippen LogP contribution is 2.32. The average molecular weight is 414 g/mol. The monoisotopic (exact) mass is 414 g/mol. The van der Waals surface area contributed by atoms with Crippen molar-refractivity contribution in [3.8, 4) is 11.6 Å². The maximum Gasteiger partial charge on any atom is 0.338 e. The molecule has 0 radical (unpaired) electrons. The van der Waals surface area contributed by atoms with E-state index in [4.69, 9.17) is 14.5 Å². The molecule has 4 rings (SSSR count). The van der Waals surface area contributed by atoms with Gasteiger partial charge in [-0.15, -0.1) is 0 Å². The molecule has 156 valence electrons. The van der Waals surface area contributed by atoms with Crippen LogP contribution in [0.5, 0.6) is 11.6 Å². The number of benzene rings is 3. The number of aliphatic imine (C=N–C) groups is 1. The van der Waals surface area contributed by atoms with Crippen molar-refractivity contribution in [1.82, 2.24) is 4.98 Å². The number of fused-ring (bicyclic) bond motifs is 1. The zero-order chi connectivity index (χ0) is 21.8. The van der Waals surface area contributed by atoms with Gasteiger partial charge in [0.25, 0.3) is 0 Å². The minimum absolute atomic E-state index is 0.0212. The van der Waals surface area contributed by atoms with Crippen LogP contribution < -0.4 is 4.74 Å². The number of nitrogens with zero attached hydrogens (tertiary/aromatic N) is 1. The number of aromatic amines is 1. The van der Waals surface area contributed by atoms with Crippen molar-refractivity contribution in [2.75, 3.05) is 13.7 Å². The molecule has 0 saturated carbocycles. The summed E-state index contributed by atoms with van der Waals surface area (Å²) in [6.07, 6.45) is 0. The van der Waals surface area contributed by atoms with Gasteiger partial charge in [0.05, 0.1) is 36.2 Å². The molecule has 0 bridgehead atoms. The van der Waals surface area contributed by atoms with E-state index < -0.39 is 5.97 Å². The Hall–Kier alpha value is -4.06. The third kappa shape index (κ3) is 4.14. The molecule has 31 heavy (non-hydrogen) atoms. The lowest BCUT2D eigenvalue weighted by atomic mass is 10.00. The lowest BCUT2D eigenvalue weighted by Gasteiger charge is -2.08. The summed E-state index contributed by atoms with van der Waals surface area (Å²) in [5.74, 6) is 0.309. The number of methoxy groups -OCH3 is 1. The second-order valence-electron chi connectivity index (χ2n) is 6.85. The third-order valence-corrected chi connectivity index (χ3v) is 4.89. The van der Waals surface area contributed by atoms with E-state index in [1.165, 1.54) is 0 Å². The molecule has 6 nitrogen and oxygen atoms in total. The van der Waals surface area contributed by atoms with Gasteiger partial charge in [0.1, 0.15) is 5.75 Å². The van der Waals surface area contributed by atoms with Crippen LogP contribution >= 0.6 is 0 Å². The molecule has 0 aliphatic heterocycles. The third-order valence-electron chi connectivity index (χ3n) is 4.89. The number of hydrogen-bond acceptors (Lipinski definition) is 5. The Kier molecular flexibility index (Phi) is 5.71. The second-order valence-corrected chi connectivity index (χ2v) is 6.85. The van der Waals surface area contributed by atoms with Crippen LogP contribution in [0, 0.1) is 0 Å². The first kappa shape index (κ1) is 20.2. The molecule has 0 fully saturated rings. The fourth-order valence-electron chi connectivity index (χ4n) is 3.41. The zero-order valence-electron chi connectivity index (χ0n) is 17.3. The summed E-state index contributed by atoms with van der Waals surface area (Å²) in [6.45, 7) is 2.06. The summed E-state index contributed by atoms with van der Waals surface area (Å²) in [5.41, 5.74) is 3.78. The molecule has 1 heterocycles. The summed E-state index contributed by atoms with van der Waals surface area (Å²) in [4.78, 5) is 19.9. The van der Waals surface area contributed by atoms with Gasteiger partial charge >= 0.3 is 5.97 Å². The fraction of sp³-hybridized carbons (Fsp3) is 0.120. The van der Waals surface area contributed by atoms with Gasteiger partial charge in [-0.05, 0) is 43.3 Å². The highest BCUT2D eigenvalue weighted by atomic mass is 16.5. The van der Waals surface area contributed by atoms with E-state index in [0.717, 1.165) is 22.4 Å². The molecule has 2 N–H and O–H groups in total. The Labute approximate surface area is 179 Å². The summed E-state index contributed by atoms with van der Waals surface area (Å²) < 4.78 is 10.3. The zero-order valence-corrected chi connectivity index (χ0v) is 17.3. The number of rotatable bonds is 6. The molecule has 0 unspecified atom stereocenters. The van der Waals surface area contributed by atoms with Gasteiger partial charge in [-0.2, -0.15) is 0 Å². The van der Waals surface area contributed by atoms with Gasteiger partial charge in [-0.1, -0.05) is 36.4 Å². The molecule has 1 aromatic heterocycles. The smallest absolute Gasteiger partial charge is 0.338 e. The number of carbonyl (C=O) groups is 1. The minimum atomic E-state index is -0.407. The van der Waals surface area contributed by atoms with Crippen molar-refractivity contribution in [3.05, 3.63) is 89.5 Å². The van der Waals surface area contributed by atoms with Gasteiger partial charge in [0.15, 0.2) is 5.88 Å². The van der Waals surface area contributed by atoms with Crippen molar-refractivity contribution in [1.29, 1.82) is 0 Å². The Bertz CT molecular complexity index is 1240. The van der Waals surface area contributed by atoms with Crippen molar-refractivity contribution in [3.63, 3.8) is 0 Å². The van der Waals surface area contributed by atoms with Crippen LogP contribution in [0.2, 0.25) is 0 Å². The minimum Gasteiger partial charge on any atom is -0.497 e. The highest BCUT2D eigenvalue weighted by molar-refractivity contribution is 6.22. The largest absolute Gasteiger partial charge is 0.497 e. The SMILES string of the molecule is CCOC(=O)c1ccc2c(C(=Nc3ccc(OC)cc3)c3ccccc3)c(O)[nH]c2c1. The number of hydrogen-bond donors (Lipinski definition) is 2. The number of aromatic nitrogens is 1. The van der Waals surface area contributed by atoms with Gasteiger partial charge in [0, 0.05) is 16.5 Å². The van der Waals surface area contributed by atoms with Gasteiger partial charge in [-0.25, -0.2) is 9.79 Å². The lowest BCUT2D eigenvalue weighted by Crippen LogP contribution is -2.05. The van der Waals surface area contributed by atoms with Crippen molar-refractivity contribution in [2.45, 2.75) is 6.92 Å². The molecular formula is C25H22N2O4. The second kappa shape index (κ2) is 8.75. The summed E-state index contributed by atoms with van der Waals surface area (Å²) in [6, 6.07) is 22.2. The molecule has 4 aromatic rings. The van der Waals surface area contributed by atoms with E-state index in [9.17, 15) is 9.90 Å². The number of carbonyl (C=O) groups excluding carboxylic acids is 1. The fourth-order valence-corrected chi connectivity index (χ4v) is 3.41. The quantitative estimate of drug-likeness (QED) is 0.334. The van der Waals surface area contributed by atoms with E-state index in [1.807, 2.05) is 54.6 Å². The topological polar surface area (TPSA) is 83.9 Å². The Morgan fingerprint density at radius 2 is 1.74 bits per heavy atom. The Balaban J connectivity index is 1.87. The molecule has 0 atom stereocenters. The first-order chi connectivity index (χ1) is 15.1. The van der Waals surface area contributed by atoms with Crippen LogP contribution in [0.15, 0.2) is 77.8 Å². The van der Waals surface area contributed by atoms with Gasteiger partial charge in [-0.3, -0.25) is 0 Å². The lowest BCUT2D eigenvalue weighted by molar-refractivity contribution is 0.0526. The van der Waals surface area contributed by atoms with Crippen LogP contribution in [-0.2, 0) is 4.74 Å². The van der Waals surface area contributed by atoms with Crippen molar-refractivity contribution >= 4 is 28.3 Å². The maximum atomic E-state index is 12.1. The van der Waals surface area contributed by atoms with E-state index in [0.29, 0.717) is 29.0 Å². The predicted octanol–water partition coefficient (Wildman–Crippen LogP) is 5.23. The van der Waals surface area contributed by atoms with Crippen LogP contribution in [0.25, 0.3) is 10.9 Å². The average Bonchev–Trinajstić information content (AvgIpc) is 3.13. The van der Waals surface area contributed by atoms with E-state index in [-0.39, 0.29) is 5.88 Å². The van der Waals surface area contributed by atoms with Crippen LogP contribution in [0.4, 0.5) is 5.69 Å². The highest BCUT2D eigenvalue weighted by Gasteiger charge is 2.20. The molecule has 6 heteroatoms. The first-order valence-corrected chi connectivity index (χ1v) is 9.91. The molecule has 3 aromatic carbocycles. The summed E-state index contributed by atoms with van der Waals surface area (Å²) >= 11 is 0. The summed E-state index contributed by atoms with van der Waals surface area (Å²) in [7, 11) is 1.61. The number of esters is 1. The number of ether oxygens (including phenoxy) is 2. The predicted molar refractivity (Wildman–Crippen MR) is 121 cm³/mol. The van der Waals surface area contributed by atoms with Crippen LogP contribution in [0.3, 0.4) is 0 Å². The number of nitrogens with one attached hydrogen (secondary N) is 1. The molecule has 0 aliphatic carbocycles. The number of aromatic hydroxyl groups is 1. The summed E-state index contributed by atoms with van der Waals surface area (Å²) in [5, 5.41) is 11.5. The van der Waals surface area contributed by atoms with Crippen molar-refractivity contribution < 1.29 is 19.4 Å². The Morgan fingerprint density at radius 3 is 2.42 bits per heavy atom. The van der Waals surface area contributed by atoms with Crippen molar-refractivity contribution in [2.24, 2.45) is 4.99 Å². The standard InChI is InChI=1S/C25H22N2O4/c1-3-31-25(29)17-9-14-20-21(15-17)27-24(28)22(20)23(16-7-5-4-6-8-16)26-18-10-12-19(30-2)13-11-18/h4-15,27-28H,3H2,1-2H3. The Morgan fingerprint density at radius 1 is 1.00 bits per heavy atom. The molecule has 0 aliphatic rings. The molecular weight excluding hydrogens is 392 g/mol. The number of H-pyrrole nitrogens is 1. The molecule has 0 spiro atoms. The normalized spacial score (nSPS) is 11.5. The van der Waals surface area contributed by atoms with Gasteiger partial charge in [0.2, 0.25) is 0 Å². The van der Waals surface area contributed by atoms with Crippen LogP contribution in [-0.4, -0.2) is 35.5 Å². The maximum absolute atomic E-state index is 12.1. The van der Waals surface area contributed by atoms with E-state index >= 15 is 0 Å². The van der Waals surface area contributed by atoms with E-state index in [2.05, 4.69) is 4.98 Å². The van der Waals surface area contributed by atoms with E-state index in [1.54, 1.807) is 32.2 Å². The van der Waals surface area contributed by atoms with Gasteiger partial charge < -0.3 is 19.6 Å². The first-order valence-electron chi connectivity index (χ1n) is 9.91.